The fourth-order valence-corrected chi connectivity index (χ4v) is 1.77. The lowest BCUT2D eigenvalue weighted by atomic mass is 9.99. The summed E-state index contributed by atoms with van der Waals surface area (Å²) in [4.78, 5) is 19.5. The number of esters is 1. The van der Waals surface area contributed by atoms with E-state index in [4.69, 9.17) is 10.5 Å². The maximum absolute atomic E-state index is 11.6. The second-order valence-corrected chi connectivity index (χ2v) is 3.87. The molecule has 92 valence electrons. The Kier molecular flexibility index (Phi) is 3.23. The van der Waals surface area contributed by atoms with Crippen molar-refractivity contribution in [3.05, 3.63) is 42.0 Å². The SMILES string of the molecule is COC(=O)c1cc(-c2cncnc2)c(C)cc1N. The van der Waals surface area contributed by atoms with Crippen molar-refractivity contribution >= 4 is 11.7 Å². The number of rotatable bonds is 2. The van der Waals surface area contributed by atoms with E-state index < -0.39 is 5.97 Å². The molecule has 0 spiro atoms. The maximum Gasteiger partial charge on any atom is 0.339 e. The molecule has 0 unspecified atom stereocenters. The van der Waals surface area contributed by atoms with Gasteiger partial charge in [-0.25, -0.2) is 14.8 Å². The molecule has 1 aromatic heterocycles. The standard InChI is InChI=1S/C13H13N3O2/c1-8-3-12(14)11(13(17)18-2)4-10(8)9-5-15-7-16-6-9/h3-7H,14H2,1-2H3. The molecule has 5 heteroatoms. The summed E-state index contributed by atoms with van der Waals surface area (Å²) >= 11 is 0. The van der Waals surface area contributed by atoms with Crippen molar-refractivity contribution in [2.75, 3.05) is 12.8 Å². The predicted octanol–water partition coefficient (Wildman–Crippen LogP) is 1.82. The highest BCUT2D eigenvalue weighted by Gasteiger charge is 2.13. The molecule has 0 amide bonds. The lowest BCUT2D eigenvalue weighted by molar-refractivity contribution is 0.0602. The molecular weight excluding hydrogens is 230 g/mol. The van der Waals surface area contributed by atoms with Crippen LogP contribution in [0, 0.1) is 6.92 Å². The highest BCUT2D eigenvalue weighted by Crippen LogP contribution is 2.27. The van der Waals surface area contributed by atoms with Crippen molar-refractivity contribution in [1.29, 1.82) is 0 Å². The number of methoxy groups -OCH3 is 1. The van der Waals surface area contributed by atoms with E-state index in [-0.39, 0.29) is 0 Å². The lowest BCUT2D eigenvalue weighted by Crippen LogP contribution is -2.06. The minimum atomic E-state index is -0.453. The first-order chi connectivity index (χ1) is 8.63. The Bertz CT molecular complexity index is 582. The molecule has 0 saturated heterocycles. The molecule has 0 radical (unpaired) electrons. The van der Waals surface area contributed by atoms with E-state index in [9.17, 15) is 4.79 Å². The Morgan fingerprint density at radius 3 is 2.56 bits per heavy atom. The minimum absolute atomic E-state index is 0.349. The van der Waals surface area contributed by atoms with Crippen LogP contribution in [0.5, 0.6) is 0 Å². The summed E-state index contributed by atoms with van der Waals surface area (Å²) in [5, 5.41) is 0. The molecule has 1 aromatic carbocycles. The second kappa shape index (κ2) is 4.83. The predicted molar refractivity (Wildman–Crippen MR) is 68.0 cm³/mol. The van der Waals surface area contributed by atoms with Gasteiger partial charge in [0.2, 0.25) is 0 Å². The third-order valence-corrected chi connectivity index (χ3v) is 2.67. The van der Waals surface area contributed by atoms with Crippen LogP contribution < -0.4 is 5.73 Å². The van der Waals surface area contributed by atoms with E-state index in [2.05, 4.69) is 9.97 Å². The average molecular weight is 243 g/mol. The molecule has 2 N–H and O–H groups in total. The fraction of sp³-hybridized carbons (Fsp3) is 0.154. The zero-order valence-corrected chi connectivity index (χ0v) is 10.2. The van der Waals surface area contributed by atoms with Crippen LogP contribution in [0.2, 0.25) is 0 Å². The van der Waals surface area contributed by atoms with Crippen LogP contribution in [0.15, 0.2) is 30.9 Å². The number of ether oxygens (including phenoxy) is 1. The molecule has 0 aliphatic heterocycles. The van der Waals surface area contributed by atoms with E-state index in [0.29, 0.717) is 11.3 Å². The van der Waals surface area contributed by atoms with Crippen molar-refractivity contribution in [3.8, 4) is 11.1 Å². The van der Waals surface area contributed by atoms with E-state index in [1.807, 2.05) is 6.92 Å². The van der Waals surface area contributed by atoms with Crippen molar-refractivity contribution in [2.45, 2.75) is 6.92 Å². The van der Waals surface area contributed by atoms with Gasteiger partial charge in [0.15, 0.2) is 0 Å². The van der Waals surface area contributed by atoms with Crippen LogP contribution in [0.25, 0.3) is 11.1 Å². The largest absolute Gasteiger partial charge is 0.465 e. The number of anilines is 1. The molecule has 5 nitrogen and oxygen atoms in total. The molecule has 1 heterocycles. The Morgan fingerprint density at radius 1 is 1.28 bits per heavy atom. The topological polar surface area (TPSA) is 78.1 Å². The summed E-state index contributed by atoms with van der Waals surface area (Å²) in [7, 11) is 1.33. The molecule has 0 bridgehead atoms. The van der Waals surface area contributed by atoms with Crippen molar-refractivity contribution in [2.24, 2.45) is 0 Å². The van der Waals surface area contributed by atoms with Gasteiger partial charge in [-0.1, -0.05) is 0 Å². The quantitative estimate of drug-likeness (QED) is 0.643. The second-order valence-electron chi connectivity index (χ2n) is 3.87. The zero-order chi connectivity index (χ0) is 13.1. The van der Waals surface area contributed by atoms with Crippen LogP contribution in [0.3, 0.4) is 0 Å². The van der Waals surface area contributed by atoms with Gasteiger partial charge in [-0.2, -0.15) is 0 Å². The number of carbonyl (C=O) groups is 1. The average Bonchev–Trinajstić information content (AvgIpc) is 2.39. The number of carbonyl (C=O) groups excluding carboxylic acids is 1. The minimum Gasteiger partial charge on any atom is -0.465 e. The first kappa shape index (κ1) is 12.0. The van der Waals surface area contributed by atoms with Gasteiger partial charge in [-0.15, -0.1) is 0 Å². The normalized spacial score (nSPS) is 10.1. The third kappa shape index (κ3) is 2.15. The highest BCUT2D eigenvalue weighted by molar-refractivity contribution is 5.97. The van der Waals surface area contributed by atoms with Crippen molar-refractivity contribution in [3.63, 3.8) is 0 Å². The molecule has 0 saturated carbocycles. The van der Waals surface area contributed by atoms with Gasteiger partial charge in [-0.3, -0.25) is 0 Å². The van der Waals surface area contributed by atoms with Crippen LogP contribution >= 0.6 is 0 Å². The Balaban J connectivity index is 2.59. The molecule has 0 fully saturated rings. The number of aromatic nitrogens is 2. The monoisotopic (exact) mass is 243 g/mol. The lowest BCUT2D eigenvalue weighted by Gasteiger charge is -2.10. The number of nitrogen functional groups attached to an aromatic ring is 1. The van der Waals surface area contributed by atoms with Gasteiger partial charge in [-0.05, 0) is 30.2 Å². The molecule has 18 heavy (non-hydrogen) atoms. The van der Waals surface area contributed by atoms with E-state index in [1.54, 1.807) is 24.5 Å². The summed E-state index contributed by atoms with van der Waals surface area (Å²) in [5.74, 6) is -0.453. The number of benzene rings is 1. The smallest absolute Gasteiger partial charge is 0.339 e. The van der Waals surface area contributed by atoms with Gasteiger partial charge in [0.25, 0.3) is 0 Å². The van der Waals surface area contributed by atoms with Gasteiger partial charge in [0, 0.05) is 23.6 Å². The Labute approximate surface area is 105 Å². The van der Waals surface area contributed by atoms with Gasteiger partial charge >= 0.3 is 5.97 Å². The first-order valence-electron chi connectivity index (χ1n) is 5.37. The summed E-state index contributed by atoms with van der Waals surface area (Å²) in [6, 6.07) is 3.45. The van der Waals surface area contributed by atoms with Gasteiger partial charge < -0.3 is 10.5 Å². The van der Waals surface area contributed by atoms with Gasteiger partial charge in [0.05, 0.1) is 12.7 Å². The molecule has 2 rings (SSSR count). The maximum atomic E-state index is 11.6. The van der Waals surface area contributed by atoms with Crippen molar-refractivity contribution in [1.82, 2.24) is 9.97 Å². The van der Waals surface area contributed by atoms with Crippen LogP contribution in [-0.2, 0) is 4.74 Å². The van der Waals surface area contributed by atoms with Gasteiger partial charge in [0.1, 0.15) is 6.33 Å². The third-order valence-electron chi connectivity index (χ3n) is 2.67. The summed E-state index contributed by atoms with van der Waals surface area (Å²) in [6.07, 6.45) is 4.83. The molecule has 0 aliphatic rings. The van der Waals surface area contributed by atoms with Crippen LogP contribution in [0.4, 0.5) is 5.69 Å². The number of nitrogens with zero attached hydrogens (tertiary/aromatic N) is 2. The zero-order valence-electron chi connectivity index (χ0n) is 10.2. The Hall–Kier alpha value is -2.43. The number of hydrogen-bond donors (Lipinski definition) is 1. The van der Waals surface area contributed by atoms with Crippen molar-refractivity contribution < 1.29 is 9.53 Å². The fourth-order valence-electron chi connectivity index (χ4n) is 1.77. The summed E-state index contributed by atoms with van der Waals surface area (Å²) < 4.78 is 4.70. The molecular formula is C13H13N3O2. The highest BCUT2D eigenvalue weighted by atomic mass is 16.5. The molecule has 2 aromatic rings. The molecule has 0 aliphatic carbocycles. The number of aryl methyl sites for hydroxylation is 1. The van der Waals surface area contributed by atoms with E-state index in [0.717, 1.165) is 16.7 Å². The van der Waals surface area contributed by atoms with Crippen LogP contribution in [-0.4, -0.2) is 23.0 Å². The van der Waals surface area contributed by atoms with Crippen LogP contribution in [0.1, 0.15) is 15.9 Å². The molecule has 0 atom stereocenters. The van der Waals surface area contributed by atoms with E-state index in [1.165, 1.54) is 13.4 Å². The first-order valence-corrected chi connectivity index (χ1v) is 5.37. The summed E-state index contributed by atoms with van der Waals surface area (Å²) in [5.41, 5.74) is 9.22. The number of hydrogen-bond acceptors (Lipinski definition) is 5. The Morgan fingerprint density at radius 2 is 1.94 bits per heavy atom. The summed E-state index contributed by atoms with van der Waals surface area (Å²) in [6.45, 7) is 1.92. The van der Waals surface area contributed by atoms with E-state index >= 15 is 0 Å². The number of nitrogens with two attached hydrogens (primary N) is 1.